The number of thiophene rings is 1. The molecule has 3 rings (SSSR count). The number of benzene rings is 2. The molecule has 0 saturated carbocycles. The summed E-state index contributed by atoms with van der Waals surface area (Å²) in [6, 6.07) is 17.2. The van der Waals surface area contributed by atoms with Crippen LogP contribution >= 0.6 is 11.3 Å². The van der Waals surface area contributed by atoms with E-state index in [4.69, 9.17) is 0 Å². The van der Waals surface area contributed by atoms with E-state index in [0.717, 1.165) is 12.0 Å². The van der Waals surface area contributed by atoms with E-state index in [1.54, 1.807) is 53.9 Å². The summed E-state index contributed by atoms with van der Waals surface area (Å²) in [6.07, 6.45) is 0.882. The van der Waals surface area contributed by atoms with Gasteiger partial charge in [-0.15, -0.1) is 11.3 Å². The second kappa shape index (κ2) is 8.96. The van der Waals surface area contributed by atoms with E-state index >= 15 is 0 Å². The molecular weight excluding hydrogens is 374 g/mol. The molecule has 1 heterocycles. The van der Waals surface area contributed by atoms with E-state index < -0.39 is 11.8 Å². The number of hydrazine groups is 1. The van der Waals surface area contributed by atoms with Gasteiger partial charge in [-0.2, -0.15) is 0 Å². The zero-order valence-electron chi connectivity index (χ0n) is 15.2. The first-order chi connectivity index (χ1) is 13.6. The van der Waals surface area contributed by atoms with Gasteiger partial charge in [0.2, 0.25) is 0 Å². The Kier molecular flexibility index (Phi) is 6.18. The first kappa shape index (κ1) is 19.3. The maximum absolute atomic E-state index is 12.5. The Morgan fingerprint density at radius 2 is 1.54 bits per heavy atom. The van der Waals surface area contributed by atoms with Crippen molar-refractivity contribution in [3.05, 3.63) is 87.6 Å². The average Bonchev–Trinajstić information content (AvgIpc) is 3.27. The van der Waals surface area contributed by atoms with Gasteiger partial charge >= 0.3 is 0 Å². The van der Waals surface area contributed by atoms with Gasteiger partial charge in [0.15, 0.2) is 0 Å². The highest BCUT2D eigenvalue weighted by molar-refractivity contribution is 7.12. The molecule has 6 nitrogen and oxygen atoms in total. The zero-order chi connectivity index (χ0) is 19.9. The van der Waals surface area contributed by atoms with Crippen LogP contribution in [0.1, 0.15) is 42.9 Å². The van der Waals surface area contributed by atoms with Crippen LogP contribution in [0.25, 0.3) is 0 Å². The van der Waals surface area contributed by atoms with Crippen molar-refractivity contribution in [2.24, 2.45) is 0 Å². The molecule has 0 fully saturated rings. The normalized spacial score (nSPS) is 10.2. The fraction of sp³-hybridized carbons (Fsp3) is 0.0952. The van der Waals surface area contributed by atoms with Crippen LogP contribution in [0.15, 0.2) is 66.0 Å². The smallest absolute Gasteiger partial charge is 0.271 e. The van der Waals surface area contributed by atoms with Gasteiger partial charge < -0.3 is 5.32 Å². The predicted molar refractivity (Wildman–Crippen MR) is 109 cm³/mol. The number of carbonyl (C=O) groups is 3. The Morgan fingerprint density at radius 3 is 2.21 bits per heavy atom. The summed E-state index contributed by atoms with van der Waals surface area (Å²) < 4.78 is 0. The molecule has 1 aromatic heterocycles. The average molecular weight is 393 g/mol. The van der Waals surface area contributed by atoms with Crippen LogP contribution < -0.4 is 16.2 Å². The molecule has 142 valence electrons. The van der Waals surface area contributed by atoms with E-state index in [0.29, 0.717) is 16.1 Å². The second-order valence-electron chi connectivity index (χ2n) is 5.94. The van der Waals surface area contributed by atoms with Gasteiger partial charge in [0, 0.05) is 5.56 Å². The van der Waals surface area contributed by atoms with Crippen molar-refractivity contribution in [1.82, 2.24) is 10.9 Å². The minimum atomic E-state index is -0.527. The number of para-hydroxylation sites is 1. The van der Waals surface area contributed by atoms with Gasteiger partial charge in [0.1, 0.15) is 0 Å². The molecule has 0 radical (unpaired) electrons. The van der Waals surface area contributed by atoms with E-state index in [1.807, 2.05) is 19.1 Å². The Hall–Kier alpha value is -3.45. The summed E-state index contributed by atoms with van der Waals surface area (Å²) in [5, 5.41) is 4.53. The number of nitrogens with one attached hydrogen (secondary N) is 3. The number of amides is 3. The maximum atomic E-state index is 12.5. The van der Waals surface area contributed by atoms with Crippen molar-refractivity contribution in [2.45, 2.75) is 13.3 Å². The number of anilines is 1. The molecule has 0 aliphatic rings. The van der Waals surface area contributed by atoms with Crippen LogP contribution in [0, 0.1) is 0 Å². The van der Waals surface area contributed by atoms with Crippen molar-refractivity contribution >= 4 is 34.7 Å². The maximum Gasteiger partial charge on any atom is 0.271 e. The quantitative estimate of drug-likeness (QED) is 0.579. The summed E-state index contributed by atoms with van der Waals surface area (Å²) in [4.78, 5) is 37.5. The molecule has 3 aromatic rings. The van der Waals surface area contributed by atoms with Gasteiger partial charge in [0.25, 0.3) is 17.7 Å². The standard InChI is InChI=1S/C21H19N3O3S/c1-2-14-9-11-15(12-10-14)19(25)23-24-20(26)16-6-3-4-7-17(16)22-21(27)18-8-5-13-28-18/h3-13H,2H2,1H3,(H,22,27)(H,23,25)(H,24,26). The van der Waals surface area contributed by atoms with Crippen molar-refractivity contribution < 1.29 is 14.4 Å². The number of rotatable bonds is 5. The van der Waals surface area contributed by atoms with Crippen molar-refractivity contribution in [3.63, 3.8) is 0 Å². The molecule has 28 heavy (non-hydrogen) atoms. The van der Waals surface area contributed by atoms with Gasteiger partial charge in [-0.05, 0) is 47.7 Å². The lowest BCUT2D eigenvalue weighted by atomic mass is 10.1. The third-order valence-electron chi connectivity index (χ3n) is 4.08. The molecule has 0 aliphatic heterocycles. The Labute approximate surface area is 166 Å². The monoisotopic (exact) mass is 393 g/mol. The molecule has 0 saturated heterocycles. The Balaban J connectivity index is 1.65. The number of aryl methyl sites for hydroxylation is 1. The number of carbonyl (C=O) groups excluding carboxylic acids is 3. The van der Waals surface area contributed by atoms with Gasteiger partial charge in [0.05, 0.1) is 16.1 Å². The lowest BCUT2D eigenvalue weighted by Crippen LogP contribution is -2.41. The van der Waals surface area contributed by atoms with Crippen molar-refractivity contribution in [2.75, 3.05) is 5.32 Å². The van der Waals surface area contributed by atoms with Crippen molar-refractivity contribution in [1.29, 1.82) is 0 Å². The van der Waals surface area contributed by atoms with Crippen LogP contribution in [0.4, 0.5) is 5.69 Å². The van der Waals surface area contributed by atoms with Gasteiger partial charge in [-0.25, -0.2) is 0 Å². The molecule has 0 atom stereocenters. The van der Waals surface area contributed by atoms with Crippen molar-refractivity contribution in [3.8, 4) is 0 Å². The Morgan fingerprint density at radius 1 is 0.821 bits per heavy atom. The molecule has 2 aromatic carbocycles. The fourth-order valence-corrected chi connectivity index (χ4v) is 3.15. The lowest BCUT2D eigenvalue weighted by Gasteiger charge is -2.12. The second-order valence-corrected chi connectivity index (χ2v) is 6.88. The summed E-state index contributed by atoms with van der Waals surface area (Å²) in [6.45, 7) is 2.03. The molecule has 0 spiro atoms. The molecule has 0 aliphatic carbocycles. The molecular formula is C21H19N3O3S. The molecule has 0 bridgehead atoms. The molecule has 0 unspecified atom stereocenters. The minimum Gasteiger partial charge on any atom is -0.321 e. The summed E-state index contributed by atoms with van der Waals surface area (Å²) in [5.74, 6) is -1.24. The van der Waals surface area contributed by atoms with Crippen LogP contribution in [0.3, 0.4) is 0 Å². The van der Waals surface area contributed by atoms with Crippen LogP contribution in [0.2, 0.25) is 0 Å². The lowest BCUT2D eigenvalue weighted by molar-refractivity contribution is 0.0847. The largest absolute Gasteiger partial charge is 0.321 e. The van der Waals surface area contributed by atoms with E-state index in [-0.39, 0.29) is 11.5 Å². The van der Waals surface area contributed by atoms with E-state index in [1.165, 1.54) is 11.3 Å². The predicted octanol–water partition coefficient (Wildman–Crippen LogP) is 3.64. The highest BCUT2D eigenvalue weighted by Crippen LogP contribution is 2.17. The SMILES string of the molecule is CCc1ccc(C(=O)NNC(=O)c2ccccc2NC(=O)c2cccs2)cc1. The summed E-state index contributed by atoms with van der Waals surface area (Å²) >= 11 is 1.31. The number of hydrogen-bond donors (Lipinski definition) is 3. The summed E-state index contributed by atoms with van der Waals surface area (Å²) in [5.41, 5.74) is 6.95. The fourth-order valence-electron chi connectivity index (χ4n) is 2.53. The van der Waals surface area contributed by atoms with E-state index in [2.05, 4.69) is 16.2 Å². The Bertz CT molecular complexity index is 982. The van der Waals surface area contributed by atoms with Gasteiger partial charge in [-0.3, -0.25) is 25.2 Å². The summed E-state index contributed by atoms with van der Waals surface area (Å²) in [7, 11) is 0. The van der Waals surface area contributed by atoms with Crippen LogP contribution in [-0.2, 0) is 6.42 Å². The molecule has 3 amide bonds. The van der Waals surface area contributed by atoms with Crippen LogP contribution in [0.5, 0.6) is 0 Å². The molecule has 3 N–H and O–H groups in total. The third-order valence-corrected chi connectivity index (χ3v) is 4.95. The topological polar surface area (TPSA) is 87.3 Å². The molecule has 7 heteroatoms. The number of hydrogen-bond acceptors (Lipinski definition) is 4. The first-order valence-electron chi connectivity index (χ1n) is 8.72. The van der Waals surface area contributed by atoms with Gasteiger partial charge in [-0.1, -0.05) is 37.3 Å². The van der Waals surface area contributed by atoms with Crippen LogP contribution in [-0.4, -0.2) is 17.7 Å². The highest BCUT2D eigenvalue weighted by Gasteiger charge is 2.15. The first-order valence-corrected chi connectivity index (χ1v) is 9.60. The minimum absolute atomic E-state index is 0.244. The third kappa shape index (κ3) is 4.63. The zero-order valence-corrected chi connectivity index (χ0v) is 16.0. The highest BCUT2D eigenvalue weighted by atomic mass is 32.1. The van der Waals surface area contributed by atoms with E-state index in [9.17, 15) is 14.4 Å².